The minimum absolute atomic E-state index is 0.0429. The van der Waals surface area contributed by atoms with E-state index in [9.17, 15) is 4.79 Å². The van der Waals surface area contributed by atoms with Gasteiger partial charge in [0.25, 0.3) is 5.91 Å². The molecule has 6 heteroatoms. The Morgan fingerprint density at radius 3 is 2.90 bits per heavy atom. The van der Waals surface area contributed by atoms with Crippen LogP contribution in [0.4, 0.5) is 5.69 Å². The van der Waals surface area contributed by atoms with Gasteiger partial charge in [0, 0.05) is 36.7 Å². The molecule has 1 heterocycles. The van der Waals surface area contributed by atoms with Gasteiger partial charge in [-0.1, -0.05) is 0 Å². The largest absolute Gasteiger partial charge is 0.352 e. The lowest BCUT2D eigenvalue weighted by atomic mass is 10.1. The summed E-state index contributed by atoms with van der Waals surface area (Å²) in [5, 5.41) is 2.94. The number of hydrogen-bond acceptors (Lipinski definition) is 4. The number of anilines is 1. The smallest absolute Gasteiger partial charge is 0.251 e. The van der Waals surface area contributed by atoms with E-state index in [1.54, 1.807) is 24.7 Å². The highest BCUT2D eigenvalue weighted by atomic mass is 16.1. The molecule has 0 saturated heterocycles. The first-order valence-electron chi connectivity index (χ1n) is 7.02. The van der Waals surface area contributed by atoms with Gasteiger partial charge in [0.15, 0.2) is 0 Å². The van der Waals surface area contributed by atoms with Gasteiger partial charge in [-0.3, -0.25) is 10.6 Å². The second-order valence-corrected chi connectivity index (χ2v) is 4.94. The van der Waals surface area contributed by atoms with Crippen LogP contribution >= 0.6 is 0 Å². The van der Waals surface area contributed by atoms with Crippen LogP contribution in [0, 0.1) is 6.92 Å². The second kappa shape index (κ2) is 7.44. The van der Waals surface area contributed by atoms with Crippen molar-refractivity contribution in [3.63, 3.8) is 0 Å². The van der Waals surface area contributed by atoms with Crippen LogP contribution in [0.5, 0.6) is 0 Å². The molecule has 0 bridgehead atoms. The molecule has 0 aliphatic rings. The fourth-order valence-corrected chi connectivity index (χ4v) is 2.14. The molecular weight excluding hydrogens is 266 g/mol. The summed E-state index contributed by atoms with van der Waals surface area (Å²) in [6.07, 6.45) is 7.45. The molecule has 0 spiro atoms. The van der Waals surface area contributed by atoms with Crippen LogP contribution in [0.2, 0.25) is 0 Å². The van der Waals surface area contributed by atoms with Gasteiger partial charge in [-0.25, -0.2) is 4.98 Å². The predicted molar refractivity (Wildman–Crippen MR) is 82.8 cm³/mol. The average Bonchev–Trinajstić information content (AvgIpc) is 2.99. The predicted octanol–water partition coefficient (Wildman–Crippen LogP) is 1.69. The molecule has 1 aromatic heterocycles. The van der Waals surface area contributed by atoms with Crippen molar-refractivity contribution >= 4 is 11.6 Å². The molecule has 0 saturated carbocycles. The van der Waals surface area contributed by atoms with Crippen molar-refractivity contribution in [3.05, 3.63) is 48.0 Å². The van der Waals surface area contributed by atoms with Crippen molar-refractivity contribution in [2.75, 3.05) is 12.0 Å². The minimum atomic E-state index is -0.0429. The highest BCUT2D eigenvalue weighted by Gasteiger charge is 2.08. The summed E-state index contributed by atoms with van der Waals surface area (Å²) >= 11 is 0. The standard InChI is InChI=1S/C15H21N5O/c1-12-10-13(19-16)4-5-14(12)15(21)18-6-2-3-8-20-9-7-17-11-20/h4-5,7,9-11,19H,2-3,6,8,16H2,1H3,(H,18,21). The number of nitrogens with two attached hydrogens (primary N) is 1. The lowest BCUT2D eigenvalue weighted by Crippen LogP contribution is -2.25. The molecule has 2 aromatic rings. The zero-order valence-electron chi connectivity index (χ0n) is 12.2. The quantitative estimate of drug-likeness (QED) is 0.411. The van der Waals surface area contributed by atoms with E-state index in [4.69, 9.17) is 5.84 Å². The van der Waals surface area contributed by atoms with Crippen molar-refractivity contribution in [1.82, 2.24) is 14.9 Å². The lowest BCUT2D eigenvalue weighted by Gasteiger charge is -2.09. The van der Waals surface area contributed by atoms with Crippen LogP contribution in [-0.2, 0) is 6.54 Å². The van der Waals surface area contributed by atoms with Gasteiger partial charge in [0.2, 0.25) is 0 Å². The van der Waals surface area contributed by atoms with E-state index in [0.29, 0.717) is 12.1 Å². The molecule has 0 aliphatic carbocycles. The summed E-state index contributed by atoms with van der Waals surface area (Å²) < 4.78 is 2.03. The summed E-state index contributed by atoms with van der Waals surface area (Å²) in [6.45, 7) is 3.49. The molecule has 4 N–H and O–H groups in total. The molecule has 0 aliphatic heterocycles. The molecule has 1 aromatic carbocycles. The SMILES string of the molecule is Cc1cc(NN)ccc1C(=O)NCCCCn1ccnc1. The number of carbonyl (C=O) groups excluding carboxylic acids is 1. The third-order valence-electron chi connectivity index (χ3n) is 3.33. The van der Waals surface area contributed by atoms with E-state index in [-0.39, 0.29) is 5.91 Å². The first kappa shape index (κ1) is 15.1. The van der Waals surface area contributed by atoms with E-state index in [1.165, 1.54) is 0 Å². The van der Waals surface area contributed by atoms with Crippen molar-refractivity contribution < 1.29 is 4.79 Å². The molecule has 1 amide bonds. The monoisotopic (exact) mass is 287 g/mol. The Hall–Kier alpha value is -2.34. The molecule has 0 fully saturated rings. The summed E-state index contributed by atoms with van der Waals surface area (Å²) in [5.41, 5.74) is 4.95. The molecule has 2 rings (SSSR count). The zero-order chi connectivity index (χ0) is 15.1. The lowest BCUT2D eigenvalue weighted by molar-refractivity contribution is 0.0952. The molecule has 21 heavy (non-hydrogen) atoms. The maximum Gasteiger partial charge on any atom is 0.251 e. The number of aryl methyl sites for hydroxylation is 2. The van der Waals surface area contributed by atoms with E-state index in [1.807, 2.05) is 23.8 Å². The van der Waals surface area contributed by atoms with E-state index in [2.05, 4.69) is 15.7 Å². The third-order valence-corrected chi connectivity index (χ3v) is 3.33. The molecule has 0 radical (unpaired) electrons. The van der Waals surface area contributed by atoms with Crippen LogP contribution in [0.25, 0.3) is 0 Å². The first-order chi connectivity index (χ1) is 10.2. The van der Waals surface area contributed by atoms with Gasteiger partial charge in [-0.05, 0) is 43.5 Å². The first-order valence-corrected chi connectivity index (χ1v) is 7.02. The Bertz CT molecular complexity index is 580. The summed E-state index contributed by atoms with van der Waals surface area (Å²) in [5.74, 6) is 5.30. The van der Waals surface area contributed by atoms with Gasteiger partial charge in [0.1, 0.15) is 0 Å². The van der Waals surface area contributed by atoms with Crippen molar-refractivity contribution in [1.29, 1.82) is 0 Å². The Labute approximate surface area is 124 Å². The average molecular weight is 287 g/mol. The van der Waals surface area contributed by atoms with Gasteiger partial charge in [-0.2, -0.15) is 0 Å². The molecule has 112 valence electrons. The Balaban J connectivity index is 1.74. The van der Waals surface area contributed by atoms with Crippen LogP contribution in [0.15, 0.2) is 36.9 Å². The minimum Gasteiger partial charge on any atom is -0.352 e. The normalized spacial score (nSPS) is 10.4. The fourth-order valence-electron chi connectivity index (χ4n) is 2.14. The highest BCUT2D eigenvalue weighted by Crippen LogP contribution is 2.14. The number of nitrogens with one attached hydrogen (secondary N) is 2. The Morgan fingerprint density at radius 2 is 2.24 bits per heavy atom. The maximum atomic E-state index is 12.1. The Morgan fingerprint density at radius 1 is 1.38 bits per heavy atom. The Kier molecular flexibility index (Phi) is 5.34. The number of nitrogen functional groups attached to an aromatic ring is 1. The van der Waals surface area contributed by atoms with Crippen molar-refractivity contribution in [2.45, 2.75) is 26.3 Å². The van der Waals surface area contributed by atoms with E-state index >= 15 is 0 Å². The summed E-state index contributed by atoms with van der Waals surface area (Å²) in [6, 6.07) is 5.43. The molecule has 0 atom stereocenters. The number of hydrogen-bond donors (Lipinski definition) is 3. The highest BCUT2D eigenvalue weighted by molar-refractivity contribution is 5.96. The van der Waals surface area contributed by atoms with Gasteiger partial charge < -0.3 is 15.3 Å². The maximum absolute atomic E-state index is 12.1. The van der Waals surface area contributed by atoms with Crippen LogP contribution < -0.4 is 16.6 Å². The number of imidazole rings is 1. The fraction of sp³-hybridized carbons (Fsp3) is 0.333. The van der Waals surface area contributed by atoms with Gasteiger partial charge >= 0.3 is 0 Å². The van der Waals surface area contributed by atoms with Gasteiger partial charge in [0.05, 0.1) is 6.33 Å². The number of benzene rings is 1. The van der Waals surface area contributed by atoms with Crippen molar-refractivity contribution in [3.8, 4) is 0 Å². The topological polar surface area (TPSA) is 85.0 Å². The number of amides is 1. The number of carbonyl (C=O) groups is 1. The molecule has 0 unspecified atom stereocenters. The number of unbranched alkanes of at least 4 members (excludes halogenated alkanes) is 1. The zero-order valence-corrected chi connectivity index (χ0v) is 12.2. The summed E-state index contributed by atoms with van der Waals surface area (Å²) in [4.78, 5) is 16.1. The van der Waals surface area contributed by atoms with E-state index in [0.717, 1.165) is 30.6 Å². The number of aromatic nitrogens is 2. The van der Waals surface area contributed by atoms with E-state index < -0.39 is 0 Å². The second-order valence-electron chi connectivity index (χ2n) is 4.94. The number of nitrogens with zero attached hydrogens (tertiary/aromatic N) is 2. The van der Waals surface area contributed by atoms with Crippen LogP contribution in [0.3, 0.4) is 0 Å². The van der Waals surface area contributed by atoms with Gasteiger partial charge in [-0.15, -0.1) is 0 Å². The van der Waals surface area contributed by atoms with Crippen molar-refractivity contribution in [2.24, 2.45) is 5.84 Å². The molecule has 6 nitrogen and oxygen atoms in total. The van der Waals surface area contributed by atoms with Crippen LogP contribution in [-0.4, -0.2) is 22.0 Å². The molecular formula is C15H21N5O. The number of hydrazine groups is 1. The third kappa shape index (κ3) is 4.32. The summed E-state index contributed by atoms with van der Waals surface area (Å²) in [7, 11) is 0. The van der Waals surface area contributed by atoms with Crippen LogP contribution in [0.1, 0.15) is 28.8 Å². The number of rotatable bonds is 7.